The Kier molecular flexibility index (Phi) is 3.72. The zero-order chi connectivity index (χ0) is 15.7. The molecule has 5 atom stereocenters. The van der Waals surface area contributed by atoms with Gasteiger partial charge in [-0.05, 0) is 116 Å². The van der Waals surface area contributed by atoms with Gasteiger partial charge in [-0.2, -0.15) is 0 Å². The molecule has 6 fully saturated rings. The van der Waals surface area contributed by atoms with Gasteiger partial charge in [0.25, 0.3) is 0 Å². The molecular formula is C22H37P. The summed E-state index contributed by atoms with van der Waals surface area (Å²) in [6.07, 6.45) is 19.2. The van der Waals surface area contributed by atoms with Crippen molar-refractivity contribution in [2.75, 3.05) is 0 Å². The zero-order valence-electron chi connectivity index (χ0n) is 15.4. The first kappa shape index (κ1) is 15.7. The average molecular weight is 333 g/mol. The van der Waals surface area contributed by atoms with Crippen LogP contribution in [0.15, 0.2) is 0 Å². The van der Waals surface area contributed by atoms with Crippen molar-refractivity contribution < 1.29 is 0 Å². The van der Waals surface area contributed by atoms with Crippen molar-refractivity contribution in [1.82, 2.24) is 0 Å². The summed E-state index contributed by atoms with van der Waals surface area (Å²) in [7, 11) is 1.34. The first-order chi connectivity index (χ1) is 11.1. The third-order valence-corrected chi connectivity index (χ3v) is 10.9. The maximum absolute atomic E-state index is 2.58. The highest BCUT2D eigenvalue weighted by molar-refractivity contribution is 7.42. The third kappa shape index (κ3) is 2.74. The SMILES string of the molecule is CCC1CC2CC(C)CC(PC34CC5CC(CC(C5)C3)C4)(C1)C2. The third-order valence-electron chi connectivity index (χ3n) is 8.65. The maximum Gasteiger partial charge on any atom is -0.0109 e. The highest BCUT2D eigenvalue weighted by Crippen LogP contribution is 2.69. The first-order valence-electron chi connectivity index (χ1n) is 10.8. The van der Waals surface area contributed by atoms with Gasteiger partial charge in [-0.1, -0.05) is 20.3 Å². The van der Waals surface area contributed by atoms with Gasteiger partial charge in [-0.15, -0.1) is 8.58 Å². The van der Waals surface area contributed by atoms with Gasteiger partial charge in [0.05, 0.1) is 0 Å². The van der Waals surface area contributed by atoms with Gasteiger partial charge in [-0.25, -0.2) is 0 Å². The van der Waals surface area contributed by atoms with E-state index < -0.39 is 0 Å². The van der Waals surface area contributed by atoms with Crippen LogP contribution in [-0.2, 0) is 0 Å². The van der Waals surface area contributed by atoms with Gasteiger partial charge >= 0.3 is 0 Å². The van der Waals surface area contributed by atoms with Crippen molar-refractivity contribution in [3.63, 3.8) is 0 Å². The van der Waals surface area contributed by atoms with Crippen LogP contribution in [0, 0.1) is 35.5 Å². The lowest BCUT2D eigenvalue weighted by Gasteiger charge is -2.61. The van der Waals surface area contributed by atoms with Crippen molar-refractivity contribution in [3.8, 4) is 0 Å². The van der Waals surface area contributed by atoms with Gasteiger partial charge in [0.1, 0.15) is 0 Å². The Balaban J connectivity index is 1.41. The smallest absolute Gasteiger partial charge is 0.0109 e. The molecule has 0 aromatic heterocycles. The highest BCUT2D eigenvalue weighted by Gasteiger charge is 2.55. The molecular weight excluding hydrogens is 295 g/mol. The molecule has 1 heteroatoms. The fraction of sp³-hybridized carbons (Fsp3) is 1.00. The van der Waals surface area contributed by atoms with Crippen LogP contribution in [0.2, 0.25) is 0 Å². The van der Waals surface area contributed by atoms with E-state index in [0.29, 0.717) is 0 Å². The van der Waals surface area contributed by atoms with E-state index in [0.717, 1.165) is 45.8 Å². The molecule has 23 heavy (non-hydrogen) atoms. The lowest BCUT2D eigenvalue weighted by Crippen LogP contribution is -2.52. The minimum Gasteiger partial charge on any atom is -0.109 e. The minimum atomic E-state index is 0.799. The monoisotopic (exact) mass is 332 g/mol. The van der Waals surface area contributed by atoms with Crippen LogP contribution in [0.4, 0.5) is 0 Å². The average Bonchev–Trinajstić information content (AvgIpc) is 2.43. The van der Waals surface area contributed by atoms with Crippen LogP contribution >= 0.6 is 8.58 Å². The Labute approximate surface area is 145 Å². The second kappa shape index (κ2) is 5.46. The fourth-order valence-corrected chi connectivity index (χ4v) is 12.3. The molecule has 0 heterocycles. The van der Waals surface area contributed by atoms with E-state index in [1.807, 2.05) is 0 Å². The predicted molar refractivity (Wildman–Crippen MR) is 101 cm³/mol. The fourth-order valence-electron chi connectivity index (χ4n) is 8.78. The second-order valence-corrected chi connectivity index (χ2v) is 13.3. The normalized spacial score (nSPS) is 58.2. The number of fused-ring (bicyclic) bond motifs is 2. The molecule has 6 saturated carbocycles. The van der Waals surface area contributed by atoms with E-state index >= 15 is 0 Å². The van der Waals surface area contributed by atoms with Crippen LogP contribution in [0.5, 0.6) is 0 Å². The maximum atomic E-state index is 2.58. The molecule has 6 aliphatic carbocycles. The number of hydrogen-bond acceptors (Lipinski definition) is 0. The van der Waals surface area contributed by atoms with Gasteiger partial charge < -0.3 is 0 Å². The summed E-state index contributed by atoms with van der Waals surface area (Å²) >= 11 is 0. The molecule has 130 valence electrons. The molecule has 0 saturated heterocycles. The van der Waals surface area contributed by atoms with E-state index in [9.17, 15) is 0 Å². The van der Waals surface area contributed by atoms with Crippen molar-refractivity contribution >= 4 is 8.58 Å². The zero-order valence-corrected chi connectivity index (χ0v) is 16.4. The summed E-state index contributed by atoms with van der Waals surface area (Å²) in [5, 5.41) is 1.64. The summed E-state index contributed by atoms with van der Waals surface area (Å²) in [4.78, 5) is 0. The molecule has 6 bridgehead atoms. The standard InChI is InChI=1S/C22H37P/c1-3-16-5-17-4-15(2)9-21(10-16,11-17)23-22-12-18-6-19(13-22)8-20(7-18)14-22/h15-20,23H,3-14H2,1-2H3. The van der Waals surface area contributed by atoms with Crippen molar-refractivity contribution in [2.45, 2.75) is 101 Å². The summed E-state index contributed by atoms with van der Waals surface area (Å²) in [5.41, 5.74) is 0. The van der Waals surface area contributed by atoms with Crippen molar-refractivity contribution in [3.05, 3.63) is 0 Å². The van der Waals surface area contributed by atoms with Crippen LogP contribution in [-0.4, -0.2) is 10.3 Å². The molecule has 6 rings (SSSR count). The topological polar surface area (TPSA) is 0 Å². The molecule has 5 unspecified atom stereocenters. The molecule has 0 spiro atoms. The van der Waals surface area contributed by atoms with Crippen LogP contribution in [0.3, 0.4) is 0 Å². The lowest BCUT2D eigenvalue weighted by molar-refractivity contribution is 0.0335. The molecule has 0 nitrogen and oxygen atoms in total. The Bertz CT molecular complexity index is 429. The van der Waals surface area contributed by atoms with Gasteiger partial charge in [0.2, 0.25) is 0 Å². The van der Waals surface area contributed by atoms with E-state index in [2.05, 4.69) is 13.8 Å². The lowest BCUT2D eigenvalue weighted by atomic mass is 9.56. The van der Waals surface area contributed by atoms with E-state index in [4.69, 9.17) is 0 Å². The van der Waals surface area contributed by atoms with Crippen LogP contribution in [0.1, 0.15) is 90.9 Å². The molecule has 0 aromatic rings. The number of hydrogen-bond donors (Lipinski definition) is 0. The highest BCUT2D eigenvalue weighted by atomic mass is 31.1. The minimum absolute atomic E-state index is 0.799. The molecule has 0 aromatic carbocycles. The number of rotatable bonds is 3. The largest absolute Gasteiger partial charge is 0.109 e. The first-order valence-corrected chi connectivity index (χ1v) is 11.8. The van der Waals surface area contributed by atoms with Crippen LogP contribution < -0.4 is 0 Å². The summed E-state index contributed by atoms with van der Waals surface area (Å²) in [6, 6.07) is 0. The van der Waals surface area contributed by atoms with Crippen molar-refractivity contribution in [2.24, 2.45) is 35.5 Å². The molecule has 0 aliphatic heterocycles. The van der Waals surface area contributed by atoms with Gasteiger partial charge in [0.15, 0.2) is 0 Å². The Morgan fingerprint density at radius 3 is 1.78 bits per heavy atom. The summed E-state index contributed by atoms with van der Waals surface area (Å²) in [5.74, 6) is 6.63. The quantitative estimate of drug-likeness (QED) is 0.509. The van der Waals surface area contributed by atoms with Crippen LogP contribution in [0.25, 0.3) is 0 Å². The Hall–Kier alpha value is 0.430. The second-order valence-electron chi connectivity index (χ2n) is 10.9. The predicted octanol–water partition coefficient (Wildman–Crippen LogP) is 6.63. The van der Waals surface area contributed by atoms with E-state index in [1.165, 1.54) is 15.0 Å². The molecule has 6 aliphatic rings. The molecule has 0 N–H and O–H groups in total. The summed E-state index contributed by atoms with van der Waals surface area (Å²) in [6.45, 7) is 5.05. The molecule has 0 radical (unpaired) electrons. The Morgan fingerprint density at radius 1 is 0.696 bits per heavy atom. The van der Waals surface area contributed by atoms with Crippen molar-refractivity contribution in [1.29, 1.82) is 0 Å². The van der Waals surface area contributed by atoms with Gasteiger partial charge in [0, 0.05) is 0 Å². The van der Waals surface area contributed by atoms with E-state index in [1.54, 1.807) is 70.6 Å². The van der Waals surface area contributed by atoms with E-state index in [-0.39, 0.29) is 0 Å². The van der Waals surface area contributed by atoms with Gasteiger partial charge in [-0.3, -0.25) is 0 Å². The summed E-state index contributed by atoms with van der Waals surface area (Å²) < 4.78 is 0. The Morgan fingerprint density at radius 2 is 1.22 bits per heavy atom. The molecule has 0 amide bonds.